The van der Waals surface area contributed by atoms with Gasteiger partial charge in [-0.25, -0.2) is 0 Å². The predicted octanol–water partition coefficient (Wildman–Crippen LogP) is 3.64. The molecule has 0 aromatic heterocycles. The van der Waals surface area contributed by atoms with Crippen molar-refractivity contribution >= 4 is 17.3 Å². The van der Waals surface area contributed by atoms with Crippen LogP contribution in [0.1, 0.15) is 24.1 Å². The van der Waals surface area contributed by atoms with Crippen LogP contribution in [0.25, 0.3) is 0 Å². The lowest BCUT2D eigenvalue weighted by molar-refractivity contribution is 0.327. The van der Waals surface area contributed by atoms with Crippen molar-refractivity contribution in [3.8, 4) is 17.2 Å². The Labute approximate surface area is 148 Å². The van der Waals surface area contributed by atoms with Crippen molar-refractivity contribution in [3.05, 3.63) is 79.1 Å². The van der Waals surface area contributed by atoms with Crippen LogP contribution >= 0.6 is 11.6 Å². The zero-order valence-electron chi connectivity index (χ0n) is 13.3. The van der Waals surface area contributed by atoms with Gasteiger partial charge < -0.3 is 14.8 Å². The Hall–Kier alpha value is -2.79. The van der Waals surface area contributed by atoms with E-state index in [0.29, 0.717) is 34.4 Å². The van der Waals surface area contributed by atoms with Crippen LogP contribution in [-0.2, 0) is 0 Å². The third kappa shape index (κ3) is 2.48. The Morgan fingerprint density at radius 3 is 2.72 bits per heavy atom. The molecule has 126 valence electrons. The Balaban J connectivity index is 1.91. The van der Waals surface area contributed by atoms with Crippen LogP contribution in [0, 0.1) is 0 Å². The molecule has 0 bridgehead atoms. The molecule has 3 aromatic rings. The largest absolute Gasteiger partial charge is 0.489 e. The van der Waals surface area contributed by atoms with Gasteiger partial charge in [0.2, 0.25) is 5.43 Å². The first kappa shape index (κ1) is 15.7. The van der Waals surface area contributed by atoms with Gasteiger partial charge in [-0.15, -0.1) is 0 Å². The summed E-state index contributed by atoms with van der Waals surface area (Å²) in [5, 5.41) is 3.81. The maximum Gasteiger partial charge on any atom is 0.268 e. The molecule has 1 unspecified atom stereocenters. The monoisotopic (exact) mass is 355 g/mol. The molecule has 1 heterocycles. The summed E-state index contributed by atoms with van der Waals surface area (Å²) in [7, 11) is 0. The van der Waals surface area contributed by atoms with E-state index in [1.54, 1.807) is 25.1 Å². The Morgan fingerprint density at radius 1 is 1.12 bits per heavy atom. The van der Waals surface area contributed by atoms with Crippen LogP contribution in [0.4, 0.5) is 5.69 Å². The second-order valence-electron chi connectivity index (χ2n) is 5.69. The van der Waals surface area contributed by atoms with E-state index >= 15 is 0 Å². The van der Waals surface area contributed by atoms with Gasteiger partial charge in [0.25, 0.3) is 5.43 Å². The topological polar surface area (TPSA) is 64.6 Å². The molecule has 0 spiro atoms. The summed E-state index contributed by atoms with van der Waals surface area (Å²) in [6.07, 6.45) is 0. The molecule has 0 saturated heterocycles. The number of para-hydroxylation sites is 1. The molecular weight excluding hydrogens is 342 g/mol. The van der Waals surface area contributed by atoms with E-state index < -0.39 is 16.9 Å². The van der Waals surface area contributed by atoms with E-state index in [1.807, 2.05) is 24.3 Å². The van der Waals surface area contributed by atoms with E-state index in [-0.39, 0.29) is 5.75 Å². The van der Waals surface area contributed by atoms with Gasteiger partial charge in [-0.3, -0.25) is 9.59 Å². The van der Waals surface area contributed by atoms with Crippen LogP contribution in [-0.4, -0.2) is 6.61 Å². The highest BCUT2D eigenvalue weighted by Gasteiger charge is 2.34. The van der Waals surface area contributed by atoms with Crippen LogP contribution < -0.4 is 25.6 Å². The number of anilines is 1. The van der Waals surface area contributed by atoms with E-state index in [0.717, 1.165) is 5.56 Å². The molecule has 25 heavy (non-hydrogen) atoms. The van der Waals surface area contributed by atoms with Crippen molar-refractivity contribution in [2.45, 2.75) is 13.0 Å². The van der Waals surface area contributed by atoms with Crippen LogP contribution in [0.15, 0.2) is 52.1 Å². The molecule has 1 atom stereocenters. The summed E-state index contributed by atoms with van der Waals surface area (Å²) in [6.45, 7) is 2.08. The molecule has 0 amide bonds. The maximum absolute atomic E-state index is 12.3. The average molecular weight is 356 g/mol. The Morgan fingerprint density at radius 2 is 1.92 bits per heavy atom. The fraction of sp³-hybridized carbons (Fsp3) is 0.158. The van der Waals surface area contributed by atoms with Gasteiger partial charge in [0.1, 0.15) is 5.75 Å². The molecule has 4 rings (SSSR count). The lowest BCUT2D eigenvalue weighted by Crippen LogP contribution is -2.40. The number of hydrogen-bond donors (Lipinski definition) is 1. The minimum atomic E-state index is -0.590. The maximum atomic E-state index is 12.3. The third-order valence-corrected chi connectivity index (χ3v) is 4.41. The summed E-state index contributed by atoms with van der Waals surface area (Å²) >= 11 is 6.09. The fourth-order valence-corrected chi connectivity index (χ4v) is 3.21. The molecule has 0 aliphatic carbocycles. The number of halogens is 1. The van der Waals surface area contributed by atoms with Crippen LogP contribution in [0.2, 0.25) is 5.02 Å². The summed E-state index contributed by atoms with van der Waals surface area (Å²) in [6, 6.07) is 12.0. The van der Waals surface area contributed by atoms with Crippen molar-refractivity contribution in [1.29, 1.82) is 0 Å². The summed E-state index contributed by atoms with van der Waals surface area (Å²) in [5.41, 5.74) is 0.580. The van der Waals surface area contributed by atoms with Crippen molar-refractivity contribution in [2.75, 3.05) is 11.9 Å². The Kier molecular flexibility index (Phi) is 3.73. The smallest absolute Gasteiger partial charge is 0.268 e. The van der Waals surface area contributed by atoms with Gasteiger partial charge in [0, 0.05) is 10.6 Å². The van der Waals surface area contributed by atoms with Crippen LogP contribution in [0.3, 0.4) is 0 Å². The van der Waals surface area contributed by atoms with E-state index in [4.69, 9.17) is 21.1 Å². The van der Waals surface area contributed by atoms with Crippen LogP contribution in [0.5, 0.6) is 17.2 Å². The Bertz CT molecular complexity index is 1040. The molecule has 1 aliphatic heterocycles. The van der Waals surface area contributed by atoms with Gasteiger partial charge in [0.15, 0.2) is 11.5 Å². The van der Waals surface area contributed by atoms with Crippen molar-refractivity contribution < 1.29 is 9.47 Å². The minimum Gasteiger partial charge on any atom is -0.489 e. The molecule has 6 heteroatoms. The average Bonchev–Trinajstić information content (AvgIpc) is 2.77. The van der Waals surface area contributed by atoms with E-state index in [2.05, 4.69) is 5.32 Å². The fourth-order valence-electron chi connectivity index (χ4n) is 3.03. The number of fused-ring (bicyclic) bond motifs is 2. The molecule has 0 radical (unpaired) electrons. The zero-order valence-corrected chi connectivity index (χ0v) is 14.1. The van der Waals surface area contributed by atoms with Gasteiger partial charge in [0.05, 0.1) is 23.9 Å². The van der Waals surface area contributed by atoms with Gasteiger partial charge in [-0.2, -0.15) is 0 Å². The zero-order chi connectivity index (χ0) is 17.6. The van der Waals surface area contributed by atoms with E-state index in [1.165, 1.54) is 0 Å². The standard InChI is InChI=1S/C19H14ClNO4/c1-2-24-19-15(17(22)18(19)23)16-11-5-3-4-6-13(11)25-14-8-7-10(20)9-12(14)21-16/h3-9,16,21H,2H2,1H3. The quantitative estimate of drug-likeness (QED) is 0.727. The summed E-state index contributed by atoms with van der Waals surface area (Å²) in [4.78, 5) is 24.1. The first-order valence-corrected chi connectivity index (χ1v) is 8.26. The molecule has 5 nitrogen and oxygen atoms in total. The first-order valence-electron chi connectivity index (χ1n) is 7.89. The van der Waals surface area contributed by atoms with Crippen molar-refractivity contribution in [3.63, 3.8) is 0 Å². The highest BCUT2D eigenvalue weighted by molar-refractivity contribution is 6.30. The van der Waals surface area contributed by atoms with Crippen molar-refractivity contribution in [1.82, 2.24) is 0 Å². The minimum absolute atomic E-state index is 0.116. The van der Waals surface area contributed by atoms with Crippen molar-refractivity contribution in [2.24, 2.45) is 0 Å². The first-order chi connectivity index (χ1) is 12.1. The normalized spacial score (nSPS) is 15.5. The summed E-state index contributed by atoms with van der Waals surface area (Å²) < 4.78 is 11.4. The molecule has 1 N–H and O–H groups in total. The third-order valence-electron chi connectivity index (χ3n) is 4.17. The summed E-state index contributed by atoms with van der Waals surface area (Å²) in [5.74, 6) is 1.32. The lowest BCUT2D eigenvalue weighted by Gasteiger charge is -2.22. The number of nitrogens with one attached hydrogen (secondary N) is 1. The molecule has 3 aromatic carbocycles. The number of hydrogen-bond acceptors (Lipinski definition) is 5. The van der Waals surface area contributed by atoms with Gasteiger partial charge in [-0.1, -0.05) is 29.8 Å². The number of benzene rings is 2. The molecule has 0 fully saturated rings. The predicted molar refractivity (Wildman–Crippen MR) is 96.0 cm³/mol. The van der Waals surface area contributed by atoms with Gasteiger partial charge in [-0.05, 0) is 31.2 Å². The molecule has 1 aliphatic rings. The van der Waals surface area contributed by atoms with Gasteiger partial charge >= 0.3 is 0 Å². The highest BCUT2D eigenvalue weighted by atomic mass is 35.5. The lowest BCUT2D eigenvalue weighted by atomic mass is 9.93. The molecular formula is C19H14ClNO4. The second-order valence-corrected chi connectivity index (χ2v) is 6.13. The number of ether oxygens (including phenoxy) is 2. The highest BCUT2D eigenvalue weighted by Crippen LogP contribution is 2.44. The SMILES string of the molecule is CCOc1c(C2Nc3cc(Cl)ccc3Oc3ccccc32)c(=O)c1=O. The van der Waals surface area contributed by atoms with E-state index in [9.17, 15) is 9.59 Å². The molecule has 0 saturated carbocycles. The number of rotatable bonds is 3. The second kappa shape index (κ2) is 5.93.